The van der Waals surface area contributed by atoms with Crippen molar-refractivity contribution in [3.8, 4) is 11.4 Å². The Morgan fingerprint density at radius 1 is 1.00 bits per heavy atom. The first kappa shape index (κ1) is 22.0. The lowest BCUT2D eigenvalue weighted by Gasteiger charge is -2.09. The summed E-state index contributed by atoms with van der Waals surface area (Å²) in [6.45, 7) is 0. The minimum atomic E-state index is -0.640. The second-order valence-corrected chi connectivity index (χ2v) is 7.16. The number of aromatic nitrogens is 4. The molecule has 3 aromatic rings. The number of rotatable bonds is 7. The van der Waals surface area contributed by atoms with Gasteiger partial charge in [-0.3, -0.25) is 9.78 Å². The first-order valence-electron chi connectivity index (χ1n) is 8.97. The van der Waals surface area contributed by atoms with Gasteiger partial charge in [0.25, 0.3) is 0 Å². The van der Waals surface area contributed by atoms with Gasteiger partial charge in [-0.15, -0.1) is 10.2 Å². The molecule has 0 radical (unpaired) electrons. The maximum Gasteiger partial charge on any atom is 0.337 e. The molecule has 0 saturated carbocycles. The lowest BCUT2D eigenvalue weighted by atomic mass is 10.1. The molecule has 0 fully saturated rings. The Morgan fingerprint density at radius 3 is 2.19 bits per heavy atom. The largest absolute Gasteiger partial charge is 0.465 e. The van der Waals surface area contributed by atoms with Crippen molar-refractivity contribution in [3.05, 3.63) is 53.9 Å². The number of amides is 1. The molecule has 0 aliphatic heterocycles. The SMILES string of the molecule is COC(=O)c1cc(NC(=O)CSc2nnc(-c3ccncc3)n2C)cc(C(=O)OC)c1. The predicted octanol–water partition coefficient (Wildman–Crippen LogP) is 2.18. The standard InChI is InChI=1S/C20H19N5O5S/c1-25-17(12-4-6-21-7-5-12)23-24-20(25)31-11-16(26)22-15-9-13(18(27)29-2)8-14(10-15)19(28)30-3/h4-10H,11H2,1-3H3,(H,22,26). The summed E-state index contributed by atoms with van der Waals surface area (Å²) in [5.74, 6) is -0.940. The molecule has 3 rings (SSSR count). The molecule has 0 unspecified atom stereocenters. The molecule has 2 heterocycles. The molecule has 1 aromatic carbocycles. The number of hydrogen-bond acceptors (Lipinski definition) is 9. The van der Waals surface area contributed by atoms with E-state index < -0.39 is 11.9 Å². The number of benzene rings is 1. The molecule has 0 aliphatic rings. The topological polar surface area (TPSA) is 125 Å². The van der Waals surface area contributed by atoms with Crippen LogP contribution in [0.1, 0.15) is 20.7 Å². The molecule has 10 nitrogen and oxygen atoms in total. The van der Waals surface area contributed by atoms with Gasteiger partial charge in [0.15, 0.2) is 11.0 Å². The van der Waals surface area contributed by atoms with Crippen molar-refractivity contribution in [2.45, 2.75) is 5.16 Å². The fraction of sp³-hybridized carbons (Fsp3) is 0.200. The van der Waals surface area contributed by atoms with Gasteiger partial charge in [-0.2, -0.15) is 0 Å². The Morgan fingerprint density at radius 2 is 1.61 bits per heavy atom. The zero-order chi connectivity index (χ0) is 22.4. The third kappa shape index (κ3) is 5.25. The van der Waals surface area contributed by atoms with E-state index in [1.165, 1.54) is 44.2 Å². The average Bonchev–Trinajstić information content (AvgIpc) is 3.17. The Kier molecular flexibility index (Phi) is 6.98. The number of carbonyl (C=O) groups excluding carboxylic acids is 3. The number of nitrogens with zero attached hydrogens (tertiary/aromatic N) is 4. The molecular formula is C20H19N5O5S. The van der Waals surface area contributed by atoms with Gasteiger partial charge in [0.2, 0.25) is 5.91 Å². The van der Waals surface area contributed by atoms with Crippen LogP contribution in [0.5, 0.6) is 0 Å². The quantitative estimate of drug-likeness (QED) is 0.434. The monoisotopic (exact) mass is 441 g/mol. The zero-order valence-electron chi connectivity index (χ0n) is 17.0. The summed E-state index contributed by atoms with van der Waals surface area (Å²) in [6, 6.07) is 7.81. The molecule has 0 bridgehead atoms. The second kappa shape index (κ2) is 9.85. The van der Waals surface area contributed by atoms with Crippen molar-refractivity contribution >= 4 is 35.3 Å². The number of anilines is 1. The molecule has 1 amide bonds. The van der Waals surface area contributed by atoms with Crippen LogP contribution in [0.4, 0.5) is 5.69 Å². The van der Waals surface area contributed by atoms with Gasteiger partial charge in [0.05, 0.1) is 31.1 Å². The van der Waals surface area contributed by atoms with Crippen molar-refractivity contribution in [1.82, 2.24) is 19.7 Å². The third-order valence-corrected chi connectivity index (χ3v) is 5.18. The van der Waals surface area contributed by atoms with Crippen molar-refractivity contribution in [2.75, 3.05) is 25.3 Å². The van der Waals surface area contributed by atoms with Gasteiger partial charge in [0, 0.05) is 30.7 Å². The predicted molar refractivity (Wildman–Crippen MR) is 113 cm³/mol. The summed E-state index contributed by atoms with van der Waals surface area (Å²) in [6.07, 6.45) is 3.32. The Hall–Kier alpha value is -3.73. The molecule has 31 heavy (non-hydrogen) atoms. The Labute approximate surface area is 182 Å². The van der Waals surface area contributed by atoms with E-state index in [9.17, 15) is 14.4 Å². The highest BCUT2D eigenvalue weighted by Gasteiger charge is 2.16. The van der Waals surface area contributed by atoms with Crippen LogP contribution < -0.4 is 5.32 Å². The first-order chi connectivity index (χ1) is 14.9. The van der Waals surface area contributed by atoms with Gasteiger partial charge >= 0.3 is 11.9 Å². The number of methoxy groups -OCH3 is 2. The zero-order valence-corrected chi connectivity index (χ0v) is 17.8. The van der Waals surface area contributed by atoms with Gasteiger partial charge in [-0.25, -0.2) is 9.59 Å². The summed E-state index contributed by atoms with van der Waals surface area (Å²) in [4.78, 5) is 40.2. The van der Waals surface area contributed by atoms with E-state index in [-0.39, 0.29) is 28.5 Å². The van der Waals surface area contributed by atoms with E-state index in [4.69, 9.17) is 9.47 Å². The smallest absolute Gasteiger partial charge is 0.337 e. The van der Waals surface area contributed by atoms with Gasteiger partial charge in [-0.05, 0) is 30.3 Å². The minimum absolute atomic E-state index is 0.0400. The van der Waals surface area contributed by atoms with Crippen LogP contribution in [-0.2, 0) is 21.3 Å². The van der Waals surface area contributed by atoms with E-state index in [1.807, 2.05) is 12.1 Å². The normalized spacial score (nSPS) is 10.4. The highest BCUT2D eigenvalue weighted by molar-refractivity contribution is 7.99. The maximum absolute atomic E-state index is 12.4. The number of pyridine rings is 1. The summed E-state index contributed by atoms with van der Waals surface area (Å²) < 4.78 is 11.2. The van der Waals surface area contributed by atoms with Crippen molar-refractivity contribution in [3.63, 3.8) is 0 Å². The number of esters is 2. The van der Waals surface area contributed by atoms with Crippen molar-refractivity contribution < 1.29 is 23.9 Å². The highest BCUT2D eigenvalue weighted by atomic mass is 32.2. The third-order valence-electron chi connectivity index (χ3n) is 4.16. The van der Waals surface area contributed by atoms with Gasteiger partial charge in [0.1, 0.15) is 0 Å². The van der Waals surface area contributed by atoms with E-state index in [0.717, 1.165) is 5.56 Å². The van der Waals surface area contributed by atoms with Gasteiger partial charge in [-0.1, -0.05) is 11.8 Å². The molecule has 1 N–H and O–H groups in total. The van der Waals surface area contributed by atoms with E-state index in [0.29, 0.717) is 11.0 Å². The molecular weight excluding hydrogens is 422 g/mol. The van der Waals surface area contributed by atoms with Crippen molar-refractivity contribution in [2.24, 2.45) is 7.05 Å². The number of hydrogen-bond donors (Lipinski definition) is 1. The van der Waals surface area contributed by atoms with Crippen LogP contribution in [-0.4, -0.2) is 57.6 Å². The highest BCUT2D eigenvalue weighted by Crippen LogP contribution is 2.23. The molecule has 2 aromatic heterocycles. The van der Waals surface area contributed by atoms with Crippen LogP contribution in [0.15, 0.2) is 47.9 Å². The molecule has 11 heteroatoms. The molecule has 0 aliphatic carbocycles. The number of nitrogens with one attached hydrogen (secondary N) is 1. The van der Waals surface area contributed by atoms with E-state index in [2.05, 4.69) is 20.5 Å². The summed E-state index contributed by atoms with van der Waals surface area (Å²) in [7, 11) is 4.25. The molecule has 0 spiro atoms. The lowest BCUT2D eigenvalue weighted by molar-refractivity contribution is -0.113. The number of ether oxygens (including phenoxy) is 2. The van der Waals surface area contributed by atoms with E-state index >= 15 is 0 Å². The second-order valence-electron chi connectivity index (χ2n) is 6.22. The number of thioether (sulfide) groups is 1. The minimum Gasteiger partial charge on any atom is -0.465 e. The van der Waals surface area contributed by atoms with Crippen LogP contribution >= 0.6 is 11.8 Å². The molecule has 160 valence electrons. The van der Waals surface area contributed by atoms with Crippen LogP contribution in [0.2, 0.25) is 0 Å². The molecule has 0 saturated heterocycles. The summed E-state index contributed by atoms with van der Waals surface area (Å²) in [5, 5.41) is 11.5. The van der Waals surface area contributed by atoms with Crippen molar-refractivity contribution in [1.29, 1.82) is 0 Å². The van der Waals surface area contributed by atoms with Gasteiger partial charge < -0.3 is 19.4 Å². The fourth-order valence-corrected chi connectivity index (χ4v) is 3.40. The Balaban J connectivity index is 1.71. The average molecular weight is 441 g/mol. The summed E-state index contributed by atoms with van der Waals surface area (Å²) >= 11 is 1.20. The maximum atomic E-state index is 12.4. The first-order valence-corrected chi connectivity index (χ1v) is 9.95. The van der Waals surface area contributed by atoms with Crippen LogP contribution in [0, 0.1) is 0 Å². The van der Waals surface area contributed by atoms with Crippen LogP contribution in [0.25, 0.3) is 11.4 Å². The lowest BCUT2D eigenvalue weighted by Crippen LogP contribution is -2.16. The molecule has 0 atom stereocenters. The Bertz CT molecular complexity index is 1080. The number of carbonyl (C=O) groups is 3. The summed E-state index contributed by atoms with van der Waals surface area (Å²) in [5.41, 5.74) is 1.35. The van der Waals surface area contributed by atoms with E-state index in [1.54, 1.807) is 24.0 Å². The fourth-order valence-electron chi connectivity index (χ4n) is 2.69. The van der Waals surface area contributed by atoms with Crippen LogP contribution in [0.3, 0.4) is 0 Å².